The summed E-state index contributed by atoms with van der Waals surface area (Å²) >= 11 is 5.27. The first-order chi connectivity index (χ1) is 13.1. The van der Waals surface area contributed by atoms with E-state index in [0.717, 1.165) is 61.4 Å². The fourth-order valence-electron chi connectivity index (χ4n) is 3.47. The van der Waals surface area contributed by atoms with Gasteiger partial charge in [0.1, 0.15) is 0 Å². The van der Waals surface area contributed by atoms with Crippen molar-refractivity contribution in [3.8, 4) is 0 Å². The highest BCUT2D eigenvalue weighted by atomic mass is 79.9. The Morgan fingerprint density at radius 3 is 2.67 bits per heavy atom. The van der Waals surface area contributed by atoms with Gasteiger partial charge >= 0.3 is 0 Å². The molecule has 1 atom stereocenters. The maximum atomic E-state index is 9.16. The van der Waals surface area contributed by atoms with Gasteiger partial charge in [-0.1, -0.05) is 40.0 Å². The molecule has 2 heterocycles. The number of nitrogens with zero attached hydrogens (tertiary/aromatic N) is 2. The molecule has 27 heavy (non-hydrogen) atoms. The van der Waals surface area contributed by atoms with E-state index in [1.807, 2.05) is 0 Å². The first kappa shape index (κ1) is 20.9. The van der Waals surface area contributed by atoms with Crippen LogP contribution < -0.4 is 21.3 Å². The molecule has 6 N–H and O–H groups in total. The van der Waals surface area contributed by atoms with E-state index in [9.17, 15) is 0 Å². The molecule has 7 nitrogen and oxygen atoms in total. The molecule has 0 radical (unpaired) electrons. The number of hydrazine groups is 1. The largest absolute Gasteiger partial charge is 0.396 e. The molecule has 2 aliphatic heterocycles. The van der Waals surface area contributed by atoms with E-state index in [4.69, 9.17) is 10.8 Å². The number of nitrogens with one attached hydrogen (secondary N) is 3. The van der Waals surface area contributed by atoms with Crippen molar-refractivity contribution in [1.29, 1.82) is 0 Å². The van der Waals surface area contributed by atoms with Crippen LogP contribution in [-0.2, 0) is 5.75 Å². The standard InChI is InChI=1S/C18H29BrN6OS/c19-15-5-3-14(4-6-15)13-27-24-18(7-1-2-12-26)8-10-25(11-9-18)17-21-16(20)22-23-17/h3-6,16,22,24,26H,1-2,7-13,20H2,(H,21,23). The Kier molecular flexibility index (Phi) is 7.80. The number of hydrogen-bond acceptors (Lipinski definition) is 8. The number of piperidine rings is 1. The number of rotatable bonds is 8. The molecule has 1 saturated heterocycles. The Bertz CT molecular complexity index is 621. The van der Waals surface area contributed by atoms with Gasteiger partial charge in [-0.05, 0) is 49.8 Å². The van der Waals surface area contributed by atoms with Crippen molar-refractivity contribution in [1.82, 2.24) is 20.5 Å². The molecule has 0 aromatic heterocycles. The maximum Gasteiger partial charge on any atom is 0.211 e. The third-order valence-corrected chi connectivity index (χ3v) is 6.70. The molecule has 0 aliphatic carbocycles. The Hall–Kier alpha value is -0.840. The molecule has 9 heteroatoms. The summed E-state index contributed by atoms with van der Waals surface area (Å²) < 4.78 is 4.88. The van der Waals surface area contributed by atoms with Gasteiger partial charge in [0.15, 0.2) is 6.29 Å². The van der Waals surface area contributed by atoms with Crippen LogP contribution in [0.15, 0.2) is 33.7 Å². The number of hydrogen-bond donors (Lipinski definition) is 5. The summed E-state index contributed by atoms with van der Waals surface area (Å²) in [6, 6.07) is 8.47. The predicted molar refractivity (Wildman–Crippen MR) is 115 cm³/mol. The van der Waals surface area contributed by atoms with Crippen LogP contribution in [0.1, 0.15) is 37.7 Å². The fraction of sp³-hybridized carbons (Fsp3) is 0.611. The first-order valence-electron chi connectivity index (χ1n) is 9.44. The monoisotopic (exact) mass is 456 g/mol. The first-order valence-corrected chi connectivity index (χ1v) is 11.2. The van der Waals surface area contributed by atoms with Crippen LogP contribution in [0.4, 0.5) is 0 Å². The number of aliphatic imine (C=N–C) groups is 1. The van der Waals surface area contributed by atoms with Crippen LogP contribution in [0.5, 0.6) is 0 Å². The summed E-state index contributed by atoms with van der Waals surface area (Å²) in [6.07, 6.45) is 4.69. The predicted octanol–water partition coefficient (Wildman–Crippen LogP) is 1.89. The molecule has 1 aromatic carbocycles. The van der Waals surface area contributed by atoms with E-state index in [2.05, 4.69) is 65.7 Å². The summed E-state index contributed by atoms with van der Waals surface area (Å²) in [5.41, 5.74) is 13.2. The minimum Gasteiger partial charge on any atom is -0.396 e. The Balaban J connectivity index is 1.54. The number of aliphatic hydroxyl groups excluding tert-OH is 1. The molecule has 0 spiro atoms. The summed E-state index contributed by atoms with van der Waals surface area (Å²) in [4.78, 5) is 6.64. The lowest BCUT2D eigenvalue weighted by Crippen LogP contribution is -2.55. The topological polar surface area (TPSA) is 97.9 Å². The van der Waals surface area contributed by atoms with E-state index >= 15 is 0 Å². The molecule has 150 valence electrons. The minimum absolute atomic E-state index is 0.0976. The molecule has 1 unspecified atom stereocenters. The number of aliphatic hydroxyl groups is 1. The minimum atomic E-state index is -0.365. The molecule has 1 aromatic rings. The Morgan fingerprint density at radius 2 is 2.04 bits per heavy atom. The van der Waals surface area contributed by atoms with Gasteiger partial charge in [0.05, 0.1) is 0 Å². The zero-order valence-corrected chi connectivity index (χ0v) is 17.9. The lowest BCUT2D eigenvalue weighted by molar-refractivity contribution is 0.190. The third kappa shape index (κ3) is 6.07. The molecule has 0 amide bonds. The number of likely N-dealkylation sites (tertiary alicyclic amines) is 1. The molecule has 0 saturated carbocycles. The second kappa shape index (κ2) is 10.1. The van der Waals surface area contributed by atoms with Crippen LogP contribution in [0.25, 0.3) is 0 Å². The van der Waals surface area contributed by atoms with Crippen molar-refractivity contribution in [2.75, 3.05) is 19.7 Å². The molecule has 3 rings (SSSR count). The highest BCUT2D eigenvalue weighted by Gasteiger charge is 2.35. The highest BCUT2D eigenvalue weighted by molar-refractivity contribution is 9.10. The summed E-state index contributed by atoms with van der Waals surface area (Å²) in [7, 11) is 0. The van der Waals surface area contributed by atoms with E-state index in [1.165, 1.54) is 5.56 Å². The van der Waals surface area contributed by atoms with E-state index in [-0.39, 0.29) is 18.4 Å². The van der Waals surface area contributed by atoms with Crippen LogP contribution in [0.3, 0.4) is 0 Å². The van der Waals surface area contributed by atoms with E-state index in [1.54, 1.807) is 11.9 Å². The lowest BCUT2D eigenvalue weighted by atomic mass is 9.84. The Morgan fingerprint density at radius 1 is 1.30 bits per heavy atom. The van der Waals surface area contributed by atoms with Crippen LogP contribution in [0, 0.1) is 0 Å². The lowest BCUT2D eigenvalue weighted by Gasteiger charge is -2.43. The van der Waals surface area contributed by atoms with Crippen molar-refractivity contribution in [3.05, 3.63) is 34.3 Å². The van der Waals surface area contributed by atoms with Gasteiger partial charge in [0.25, 0.3) is 0 Å². The van der Waals surface area contributed by atoms with E-state index < -0.39 is 0 Å². The zero-order valence-electron chi connectivity index (χ0n) is 15.5. The van der Waals surface area contributed by atoms with Crippen molar-refractivity contribution >= 4 is 33.8 Å². The van der Waals surface area contributed by atoms with Crippen LogP contribution in [0.2, 0.25) is 0 Å². The SMILES string of the molecule is NC1N=C(N2CCC(CCCCO)(NSCc3ccc(Br)cc3)CC2)NN1. The highest BCUT2D eigenvalue weighted by Crippen LogP contribution is 2.31. The van der Waals surface area contributed by atoms with Gasteiger partial charge in [-0.2, -0.15) is 5.43 Å². The molecular formula is C18H29BrN6OS. The normalized spacial score (nSPS) is 21.8. The fourth-order valence-corrected chi connectivity index (χ4v) is 4.78. The van der Waals surface area contributed by atoms with Gasteiger partial charge in [-0.25, -0.2) is 4.99 Å². The van der Waals surface area contributed by atoms with Crippen molar-refractivity contribution < 1.29 is 5.11 Å². The summed E-state index contributed by atoms with van der Waals surface area (Å²) in [6.45, 7) is 2.13. The second-order valence-corrected chi connectivity index (χ2v) is 8.83. The van der Waals surface area contributed by atoms with E-state index in [0.29, 0.717) is 0 Å². The quantitative estimate of drug-likeness (QED) is 0.301. The average Bonchev–Trinajstić information content (AvgIpc) is 3.11. The summed E-state index contributed by atoms with van der Waals surface area (Å²) in [5.74, 6) is 1.78. The third-order valence-electron chi connectivity index (χ3n) is 5.12. The second-order valence-electron chi connectivity index (χ2n) is 7.13. The van der Waals surface area contributed by atoms with Crippen molar-refractivity contribution in [3.63, 3.8) is 0 Å². The maximum absolute atomic E-state index is 9.16. The van der Waals surface area contributed by atoms with Crippen molar-refractivity contribution in [2.24, 2.45) is 10.7 Å². The van der Waals surface area contributed by atoms with Gasteiger partial charge in [0.2, 0.25) is 5.96 Å². The number of unbranched alkanes of at least 4 members (excludes halogenated alkanes) is 1. The van der Waals surface area contributed by atoms with Gasteiger partial charge in [0, 0.05) is 35.5 Å². The molecule has 0 bridgehead atoms. The molecular weight excluding hydrogens is 428 g/mol. The van der Waals surface area contributed by atoms with Crippen molar-refractivity contribution in [2.45, 2.75) is 49.7 Å². The van der Waals surface area contributed by atoms with Crippen LogP contribution in [-0.4, -0.2) is 47.5 Å². The van der Waals surface area contributed by atoms with Gasteiger partial charge < -0.3 is 10.0 Å². The molecule has 2 aliphatic rings. The number of nitrogens with two attached hydrogens (primary N) is 1. The van der Waals surface area contributed by atoms with Gasteiger partial charge in [-0.3, -0.25) is 15.9 Å². The number of halogens is 1. The molecule has 1 fully saturated rings. The van der Waals surface area contributed by atoms with Gasteiger partial charge in [-0.15, -0.1) is 0 Å². The zero-order chi connectivity index (χ0) is 19.1. The Labute approximate surface area is 173 Å². The summed E-state index contributed by atoms with van der Waals surface area (Å²) in [5, 5.41) is 9.16. The van der Waals surface area contributed by atoms with Crippen LogP contribution >= 0.6 is 27.9 Å². The average molecular weight is 457 g/mol. The number of guanidine groups is 1. The smallest absolute Gasteiger partial charge is 0.211 e. The number of benzene rings is 1.